The van der Waals surface area contributed by atoms with E-state index in [1.165, 1.54) is 11.1 Å². The molecule has 7 nitrogen and oxygen atoms in total. The summed E-state index contributed by atoms with van der Waals surface area (Å²) < 4.78 is 8.74. The van der Waals surface area contributed by atoms with Gasteiger partial charge in [-0.1, -0.05) is 6.07 Å². The SMILES string of the molecule is COc1ccc(-c2nc3c4cnn(-c5ccc(C)c(C)c5)c4ncn3n2)cc1. The van der Waals surface area contributed by atoms with E-state index in [1.807, 2.05) is 35.0 Å². The summed E-state index contributed by atoms with van der Waals surface area (Å²) in [5.41, 5.74) is 5.84. The van der Waals surface area contributed by atoms with Crippen molar-refractivity contribution in [2.75, 3.05) is 7.11 Å². The van der Waals surface area contributed by atoms with E-state index in [9.17, 15) is 0 Å². The van der Waals surface area contributed by atoms with Crippen LogP contribution in [-0.4, -0.2) is 36.5 Å². The lowest BCUT2D eigenvalue weighted by molar-refractivity contribution is 0.415. The number of fused-ring (bicyclic) bond motifs is 3. The smallest absolute Gasteiger partial charge is 0.182 e. The van der Waals surface area contributed by atoms with Gasteiger partial charge in [-0.25, -0.2) is 19.2 Å². The van der Waals surface area contributed by atoms with Gasteiger partial charge < -0.3 is 4.74 Å². The second-order valence-electron chi connectivity index (χ2n) is 6.74. The van der Waals surface area contributed by atoms with Crippen molar-refractivity contribution in [3.05, 3.63) is 66.1 Å². The molecular formula is C21H18N6O. The maximum absolute atomic E-state index is 5.22. The highest BCUT2D eigenvalue weighted by Gasteiger charge is 2.14. The molecule has 0 spiro atoms. The third-order valence-electron chi connectivity index (χ3n) is 4.99. The van der Waals surface area contributed by atoms with Crippen molar-refractivity contribution >= 4 is 16.7 Å². The maximum Gasteiger partial charge on any atom is 0.182 e. The minimum atomic E-state index is 0.635. The number of aromatic nitrogens is 6. The number of rotatable bonds is 3. The van der Waals surface area contributed by atoms with E-state index in [0.29, 0.717) is 5.82 Å². The van der Waals surface area contributed by atoms with Crippen molar-refractivity contribution in [1.29, 1.82) is 0 Å². The third-order valence-corrected chi connectivity index (χ3v) is 4.99. The van der Waals surface area contributed by atoms with Crippen LogP contribution in [0, 0.1) is 13.8 Å². The molecule has 5 aromatic rings. The molecule has 0 unspecified atom stereocenters. The molecule has 0 aliphatic heterocycles. The van der Waals surface area contributed by atoms with Crippen LogP contribution < -0.4 is 4.74 Å². The van der Waals surface area contributed by atoms with Gasteiger partial charge in [0.05, 0.1) is 24.4 Å². The zero-order chi connectivity index (χ0) is 19.3. The van der Waals surface area contributed by atoms with E-state index >= 15 is 0 Å². The lowest BCUT2D eigenvalue weighted by atomic mass is 10.1. The first-order valence-electron chi connectivity index (χ1n) is 8.95. The minimum absolute atomic E-state index is 0.635. The van der Waals surface area contributed by atoms with Crippen molar-refractivity contribution in [3.8, 4) is 22.8 Å². The van der Waals surface area contributed by atoms with Crippen molar-refractivity contribution in [2.45, 2.75) is 13.8 Å². The predicted octanol–water partition coefficient (Wildman–Crippen LogP) is 3.76. The van der Waals surface area contributed by atoms with Crippen molar-refractivity contribution in [2.24, 2.45) is 0 Å². The monoisotopic (exact) mass is 370 g/mol. The Bertz CT molecular complexity index is 1320. The number of hydrogen-bond acceptors (Lipinski definition) is 5. The topological polar surface area (TPSA) is 70.1 Å². The molecule has 7 heteroatoms. The van der Waals surface area contributed by atoms with Crippen LogP contribution in [0.3, 0.4) is 0 Å². The van der Waals surface area contributed by atoms with Crippen LogP contribution in [0.25, 0.3) is 33.8 Å². The van der Waals surface area contributed by atoms with Gasteiger partial charge in [0.15, 0.2) is 17.1 Å². The zero-order valence-corrected chi connectivity index (χ0v) is 15.8. The normalized spacial score (nSPS) is 11.4. The number of aryl methyl sites for hydroxylation is 2. The highest BCUT2D eigenvalue weighted by Crippen LogP contribution is 2.24. The minimum Gasteiger partial charge on any atom is -0.497 e. The second kappa shape index (κ2) is 6.16. The number of benzene rings is 2. The van der Waals surface area contributed by atoms with Crippen molar-refractivity contribution in [3.63, 3.8) is 0 Å². The van der Waals surface area contributed by atoms with Crippen molar-refractivity contribution in [1.82, 2.24) is 29.4 Å². The average molecular weight is 370 g/mol. The fourth-order valence-electron chi connectivity index (χ4n) is 3.23. The lowest BCUT2D eigenvalue weighted by Crippen LogP contribution is -1.99. The summed E-state index contributed by atoms with van der Waals surface area (Å²) >= 11 is 0. The van der Waals surface area contributed by atoms with Gasteiger partial charge in [0.25, 0.3) is 0 Å². The first-order chi connectivity index (χ1) is 13.6. The summed E-state index contributed by atoms with van der Waals surface area (Å²) in [5.74, 6) is 1.43. The number of ether oxygens (including phenoxy) is 1. The molecule has 3 aromatic heterocycles. The van der Waals surface area contributed by atoms with Crippen LogP contribution in [0.4, 0.5) is 0 Å². The van der Waals surface area contributed by atoms with E-state index in [1.54, 1.807) is 24.1 Å². The molecule has 2 aromatic carbocycles. The Morgan fingerprint density at radius 3 is 2.50 bits per heavy atom. The van der Waals surface area contributed by atoms with Gasteiger partial charge in [0, 0.05) is 5.56 Å². The Balaban J connectivity index is 1.65. The molecule has 0 atom stereocenters. The fraction of sp³-hybridized carbons (Fsp3) is 0.143. The maximum atomic E-state index is 5.22. The van der Waals surface area contributed by atoms with Gasteiger partial charge in [-0.3, -0.25) is 0 Å². The van der Waals surface area contributed by atoms with Gasteiger partial charge >= 0.3 is 0 Å². The lowest BCUT2D eigenvalue weighted by Gasteiger charge is -2.06. The summed E-state index contributed by atoms with van der Waals surface area (Å²) in [6, 6.07) is 13.9. The van der Waals surface area contributed by atoms with Crippen LogP contribution in [0.2, 0.25) is 0 Å². The molecule has 0 aliphatic carbocycles. The highest BCUT2D eigenvalue weighted by atomic mass is 16.5. The van der Waals surface area contributed by atoms with Crippen molar-refractivity contribution < 1.29 is 4.74 Å². The fourth-order valence-corrected chi connectivity index (χ4v) is 3.23. The molecular weight excluding hydrogens is 352 g/mol. The predicted molar refractivity (Wildman–Crippen MR) is 107 cm³/mol. The molecule has 0 saturated carbocycles. The van der Waals surface area contributed by atoms with Gasteiger partial charge in [0.2, 0.25) is 0 Å². The Morgan fingerprint density at radius 1 is 0.929 bits per heavy atom. The zero-order valence-electron chi connectivity index (χ0n) is 15.8. The number of hydrogen-bond donors (Lipinski definition) is 0. The van der Waals surface area contributed by atoms with Gasteiger partial charge in [0.1, 0.15) is 12.1 Å². The molecule has 0 amide bonds. The molecule has 138 valence electrons. The average Bonchev–Trinajstić information content (AvgIpc) is 3.34. The largest absolute Gasteiger partial charge is 0.497 e. The highest BCUT2D eigenvalue weighted by molar-refractivity contribution is 5.90. The van der Waals surface area contributed by atoms with E-state index in [-0.39, 0.29) is 0 Å². The number of methoxy groups -OCH3 is 1. The Kier molecular flexibility index (Phi) is 3.61. The summed E-state index contributed by atoms with van der Waals surface area (Å²) in [5, 5.41) is 9.96. The molecule has 5 rings (SSSR count). The molecule has 3 heterocycles. The van der Waals surface area contributed by atoms with E-state index in [2.05, 4.69) is 41.2 Å². The summed E-state index contributed by atoms with van der Waals surface area (Å²) in [6.07, 6.45) is 3.47. The Hall–Kier alpha value is -3.74. The quantitative estimate of drug-likeness (QED) is 0.484. The summed E-state index contributed by atoms with van der Waals surface area (Å²) in [7, 11) is 1.65. The van der Waals surface area contributed by atoms with Gasteiger partial charge in [-0.15, -0.1) is 5.10 Å². The molecule has 0 radical (unpaired) electrons. The van der Waals surface area contributed by atoms with Crippen LogP contribution in [-0.2, 0) is 0 Å². The third kappa shape index (κ3) is 2.51. The number of nitrogens with zero attached hydrogens (tertiary/aromatic N) is 6. The Morgan fingerprint density at radius 2 is 1.75 bits per heavy atom. The van der Waals surface area contributed by atoms with Crippen LogP contribution in [0.1, 0.15) is 11.1 Å². The summed E-state index contributed by atoms with van der Waals surface area (Å²) in [4.78, 5) is 9.30. The van der Waals surface area contributed by atoms with E-state index in [4.69, 9.17) is 9.72 Å². The molecule has 0 N–H and O–H groups in total. The first kappa shape index (κ1) is 16.4. The van der Waals surface area contributed by atoms with E-state index < -0.39 is 0 Å². The standard InChI is InChI=1S/C21H18N6O/c1-13-4-7-16(10-14(13)2)27-20-18(11-23-27)21-24-19(25-26(21)12-22-20)15-5-8-17(28-3)9-6-15/h4-12H,1-3H3. The second-order valence-corrected chi connectivity index (χ2v) is 6.74. The van der Waals surface area contributed by atoms with E-state index in [0.717, 1.165) is 33.7 Å². The molecule has 0 fully saturated rings. The molecule has 28 heavy (non-hydrogen) atoms. The van der Waals surface area contributed by atoms with Gasteiger partial charge in [-0.2, -0.15) is 5.10 Å². The molecule has 0 bridgehead atoms. The van der Waals surface area contributed by atoms with Crippen LogP contribution >= 0.6 is 0 Å². The first-order valence-corrected chi connectivity index (χ1v) is 8.95. The van der Waals surface area contributed by atoms with Crippen LogP contribution in [0.15, 0.2) is 55.0 Å². The van der Waals surface area contributed by atoms with Crippen LogP contribution in [0.5, 0.6) is 5.75 Å². The molecule has 0 aliphatic rings. The molecule has 0 saturated heterocycles. The summed E-state index contributed by atoms with van der Waals surface area (Å²) in [6.45, 7) is 4.19. The van der Waals surface area contributed by atoms with Gasteiger partial charge in [-0.05, 0) is 61.4 Å². The Labute approximate surface area is 161 Å².